The zero-order valence-electron chi connectivity index (χ0n) is 16.7. The number of carbonyl (C=O) groups excluding carboxylic acids is 1. The SMILES string of the molecule is COc1ccc(COCC#Cc2ncn3c2CN(C)C(=O)c2c(Cl)cccc2-3)cc1. The molecule has 0 bridgehead atoms. The first-order chi connectivity index (χ1) is 14.6. The Kier molecular flexibility index (Phi) is 5.75. The third-order valence-corrected chi connectivity index (χ3v) is 5.19. The van der Waals surface area contributed by atoms with Crippen molar-refractivity contribution in [2.24, 2.45) is 0 Å². The van der Waals surface area contributed by atoms with E-state index < -0.39 is 0 Å². The molecule has 0 N–H and O–H groups in total. The van der Waals surface area contributed by atoms with E-state index in [2.05, 4.69) is 16.8 Å². The Morgan fingerprint density at radius 1 is 1.20 bits per heavy atom. The first-order valence-electron chi connectivity index (χ1n) is 9.38. The summed E-state index contributed by atoms with van der Waals surface area (Å²) in [5, 5.41) is 0.422. The highest BCUT2D eigenvalue weighted by Gasteiger charge is 2.27. The molecular formula is C23H20ClN3O3. The summed E-state index contributed by atoms with van der Waals surface area (Å²) in [5.41, 5.74) is 3.69. The average molecular weight is 422 g/mol. The van der Waals surface area contributed by atoms with Gasteiger partial charge in [-0.3, -0.25) is 9.36 Å². The Morgan fingerprint density at radius 2 is 2.00 bits per heavy atom. The number of hydrogen-bond acceptors (Lipinski definition) is 4. The summed E-state index contributed by atoms with van der Waals surface area (Å²) < 4.78 is 12.7. The summed E-state index contributed by atoms with van der Waals surface area (Å²) in [4.78, 5) is 18.8. The van der Waals surface area contributed by atoms with E-state index in [4.69, 9.17) is 21.1 Å². The zero-order chi connectivity index (χ0) is 21.1. The molecule has 1 amide bonds. The van der Waals surface area contributed by atoms with Gasteiger partial charge in [0.2, 0.25) is 0 Å². The highest BCUT2D eigenvalue weighted by molar-refractivity contribution is 6.34. The van der Waals surface area contributed by atoms with Crippen LogP contribution in [0, 0.1) is 11.8 Å². The Hall–Kier alpha value is -3.27. The molecule has 0 atom stereocenters. The number of methoxy groups -OCH3 is 1. The molecule has 0 unspecified atom stereocenters. The molecular weight excluding hydrogens is 402 g/mol. The molecule has 30 heavy (non-hydrogen) atoms. The molecule has 1 aliphatic heterocycles. The van der Waals surface area contributed by atoms with E-state index in [1.54, 1.807) is 31.5 Å². The van der Waals surface area contributed by atoms with Gasteiger partial charge in [0.15, 0.2) is 0 Å². The Balaban J connectivity index is 1.50. The monoisotopic (exact) mass is 421 g/mol. The largest absolute Gasteiger partial charge is 0.497 e. The highest BCUT2D eigenvalue weighted by atomic mass is 35.5. The standard InChI is InChI=1S/C23H20ClN3O3/c1-26-13-21-19(6-4-12-30-14-16-8-10-17(29-2)11-9-16)25-15-27(21)20-7-3-5-18(24)22(20)23(26)28/h3,5,7-11,15H,12-14H2,1-2H3. The maximum atomic E-state index is 12.8. The van der Waals surface area contributed by atoms with Gasteiger partial charge < -0.3 is 14.4 Å². The van der Waals surface area contributed by atoms with E-state index >= 15 is 0 Å². The first-order valence-corrected chi connectivity index (χ1v) is 9.76. The second-order valence-electron chi connectivity index (χ2n) is 6.85. The molecule has 3 aromatic rings. The molecule has 7 heteroatoms. The van der Waals surface area contributed by atoms with Crippen LogP contribution >= 0.6 is 11.6 Å². The maximum absolute atomic E-state index is 12.8. The maximum Gasteiger partial charge on any atom is 0.257 e. The molecule has 1 aromatic heterocycles. The van der Waals surface area contributed by atoms with Crippen molar-refractivity contribution >= 4 is 17.5 Å². The second-order valence-corrected chi connectivity index (χ2v) is 7.25. The molecule has 0 saturated carbocycles. The minimum absolute atomic E-state index is 0.124. The second kappa shape index (κ2) is 8.62. The molecule has 0 saturated heterocycles. The summed E-state index contributed by atoms with van der Waals surface area (Å²) >= 11 is 6.30. The molecule has 0 aliphatic carbocycles. The van der Waals surface area contributed by atoms with Crippen molar-refractivity contribution in [1.29, 1.82) is 0 Å². The molecule has 0 fully saturated rings. The van der Waals surface area contributed by atoms with Crippen LogP contribution < -0.4 is 4.74 Å². The number of halogens is 1. The Labute approximate surface area is 180 Å². The predicted octanol–water partition coefficient (Wildman–Crippen LogP) is 3.69. The van der Waals surface area contributed by atoms with Gasteiger partial charge in [-0.1, -0.05) is 35.7 Å². The van der Waals surface area contributed by atoms with E-state index in [-0.39, 0.29) is 12.5 Å². The quantitative estimate of drug-likeness (QED) is 0.476. The van der Waals surface area contributed by atoms with E-state index in [0.717, 1.165) is 17.0 Å². The summed E-state index contributed by atoms with van der Waals surface area (Å²) in [5.74, 6) is 6.76. The van der Waals surface area contributed by atoms with Gasteiger partial charge in [-0.25, -0.2) is 4.98 Å². The molecule has 4 rings (SSSR count). The van der Waals surface area contributed by atoms with Crippen LogP contribution in [0.15, 0.2) is 48.8 Å². The molecule has 2 aromatic carbocycles. The minimum Gasteiger partial charge on any atom is -0.497 e. The van der Waals surface area contributed by atoms with Gasteiger partial charge in [-0.15, -0.1) is 0 Å². The lowest BCUT2D eigenvalue weighted by Crippen LogP contribution is -2.25. The van der Waals surface area contributed by atoms with Gasteiger partial charge in [0.1, 0.15) is 24.4 Å². The fraction of sp³-hybridized carbons (Fsp3) is 0.217. The van der Waals surface area contributed by atoms with Crippen LogP contribution in [0.3, 0.4) is 0 Å². The number of ether oxygens (including phenoxy) is 2. The van der Waals surface area contributed by atoms with Crippen molar-refractivity contribution in [2.75, 3.05) is 20.8 Å². The minimum atomic E-state index is -0.124. The van der Waals surface area contributed by atoms with Crippen molar-refractivity contribution in [1.82, 2.24) is 14.5 Å². The van der Waals surface area contributed by atoms with E-state index in [1.165, 1.54) is 0 Å². The average Bonchev–Trinajstić information content (AvgIpc) is 3.10. The Morgan fingerprint density at radius 3 is 2.77 bits per heavy atom. The van der Waals surface area contributed by atoms with Crippen molar-refractivity contribution in [3.05, 3.63) is 76.3 Å². The van der Waals surface area contributed by atoms with Crippen LogP contribution in [0.2, 0.25) is 5.02 Å². The molecule has 0 spiro atoms. The molecule has 6 nitrogen and oxygen atoms in total. The van der Waals surface area contributed by atoms with Crippen molar-refractivity contribution in [2.45, 2.75) is 13.2 Å². The highest BCUT2D eigenvalue weighted by Crippen LogP contribution is 2.30. The topological polar surface area (TPSA) is 56.6 Å². The number of hydrogen-bond donors (Lipinski definition) is 0. The van der Waals surface area contributed by atoms with Crippen LogP contribution in [-0.2, 0) is 17.9 Å². The summed E-state index contributed by atoms with van der Waals surface area (Å²) in [7, 11) is 3.38. The van der Waals surface area contributed by atoms with Crippen LogP contribution in [0.1, 0.15) is 27.3 Å². The lowest BCUT2D eigenvalue weighted by atomic mass is 10.1. The van der Waals surface area contributed by atoms with Gasteiger partial charge in [0.25, 0.3) is 5.91 Å². The summed E-state index contributed by atoms with van der Waals surface area (Å²) in [6, 6.07) is 13.1. The predicted molar refractivity (Wildman–Crippen MR) is 114 cm³/mol. The smallest absolute Gasteiger partial charge is 0.257 e. The van der Waals surface area contributed by atoms with Gasteiger partial charge in [0.05, 0.1) is 42.2 Å². The van der Waals surface area contributed by atoms with E-state index in [0.29, 0.717) is 35.1 Å². The molecule has 0 radical (unpaired) electrons. The van der Waals surface area contributed by atoms with Gasteiger partial charge >= 0.3 is 0 Å². The van der Waals surface area contributed by atoms with E-state index in [9.17, 15) is 4.79 Å². The van der Waals surface area contributed by atoms with Gasteiger partial charge in [-0.2, -0.15) is 0 Å². The Bertz CT molecular complexity index is 1140. The van der Waals surface area contributed by atoms with Crippen LogP contribution in [0.5, 0.6) is 5.75 Å². The number of aromatic nitrogens is 2. The fourth-order valence-electron chi connectivity index (χ4n) is 3.31. The fourth-order valence-corrected chi connectivity index (χ4v) is 3.56. The summed E-state index contributed by atoms with van der Waals surface area (Å²) in [6.45, 7) is 1.12. The van der Waals surface area contributed by atoms with Crippen molar-refractivity contribution in [3.63, 3.8) is 0 Å². The van der Waals surface area contributed by atoms with Crippen LogP contribution in [-0.4, -0.2) is 41.1 Å². The lowest BCUT2D eigenvalue weighted by Gasteiger charge is -2.14. The van der Waals surface area contributed by atoms with E-state index in [1.807, 2.05) is 41.0 Å². The number of carbonyl (C=O) groups is 1. The van der Waals surface area contributed by atoms with Gasteiger partial charge in [-0.05, 0) is 35.7 Å². The normalized spacial score (nSPS) is 12.5. The number of rotatable bonds is 4. The number of amides is 1. The van der Waals surface area contributed by atoms with Crippen molar-refractivity contribution < 1.29 is 14.3 Å². The summed E-state index contributed by atoms with van der Waals surface area (Å²) in [6.07, 6.45) is 1.68. The van der Waals surface area contributed by atoms with Crippen molar-refractivity contribution in [3.8, 4) is 23.3 Å². The number of imidazole rings is 1. The van der Waals surface area contributed by atoms with Crippen LogP contribution in [0.4, 0.5) is 0 Å². The number of nitrogens with zero attached hydrogens (tertiary/aromatic N) is 3. The third kappa shape index (κ3) is 3.90. The lowest BCUT2D eigenvalue weighted by molar-refractivity contribution is 0.0788. The molecule has 152 valence electrons. The molecule has 1 aliphatic rings. The third-order valence-electron chi connectivity index (χ3n) is 4.87. The first kappa shape index (κ1) is 20.0. The zero-order valence-corrected chi connectivity index (χ0v) is 17.4. The van der Waals surface area contributed by atoms with Crippen LogP contribution in [0.25, 0.3) is 5.69 Å². The van der Waals surface area contributed by atoms with Gasteiger partial charge in [0, 0.05) is 7.05 Å². The number of benzene rings is 2. The number of fused-ring (bicyclic) bond motifs is 3. The molecule has 2 heterocycles.